The van der Waals surface area contributed by atoms with Gasteiger partial charge in [0.2, 0.25) is 0 Å². The number of nitrogens with zero attached hydrogens (tertiary/aromatic N) is 1. The smallest absolute Gasteiger partial charge is 0.286 e. The fraction of sp³-hybridized carbons (Fsp3) is 0.0769. The first-order chi connectivity index (χ1) is 9.88. The zero-order valence-corrected chi connectivity index (χ0v) is 14.0. The zero-order valence-electron chi connectivity index (χ0n) is 10.8. The van der Waals surface area contributed by atoms with E-state index in [1.807, 2.05) is 0 Å². The minimum Gasteiger partial charge on any atom is -0.345 e. The molecule has 0 aliphatic rings. The van der Waals surface area contributed by atoms with Crippen molar-refractivity contribution in [2.45, 2.75) is 0 Å². The van der Waals surface area contributed by atoms with Gasteiger partial charge in [0.25, 0.3) is 11.8 Å². The molecule has 1 aromatic carbocycles. The highest BCUT2D eigenvalue weighted by atomic mass is 79.9. The van der Waals surface area contributed by atoms with Gasteiger partial charge in [0, 0.05) is 22.2 Å². The number of aromatic nitrogens is 1. The van der Waals surface area contributed by atoms with Crippen LogP contribution in [0, 0.1) is 5.82 Å². The normalized spacial score (nSPS) is 10.3. The summed E-state index contributed by atoms with van der Waals surface area (Å²) in [5.74, 6) is -1.65. The summed E-state index contributed by atoms with van der Waals surface area (Å²) < 4.78 is 15.9. The molecular formula is C13H10Br2FN3O2. The summed E-state index contributed by atoms with van der Waals surface area (Å²) in [7, 11) is 1.70. The van der Waals surface area contributed by atoms with Crippen molar-refractivity contribution in [1.82, 2.24) is 15.4 Å². The second-order valence-corrected chi connectivity index (χ2v) is 5.96. The van der Waals surface area contributed by atoms with Crippen molar-refractivity contribution < 1.29 is 14.0 Å². The number of hydrazine groups is 1. The number of hydrogen-bond donors (Lipinski definition) is 2. The van der Waals surface area contributed by atoms with Gasteiger partial charge in [0.05, 0.1) is 5.56 Å². The van der Waals surface area contributed by atoms with E-state index in [2.05, 4.69) is 42.7 Å². The number of benzene rings is 1. The first-order valence-corrected chi connectivity index (χ1v) is 7.34. The average molecular weight is 419 g/mol. The number of carbonyl (C=O) groups excluding carboxylic acids is 2. The number of hydrogen-bond acceptors (Lipinski definition) is 2. The molecule has 0 fully saturated rings. The van der Waals surface area contributed by atoms with Crippen molar-refractivity contribution >= 4 is 43.7 Å². The minimum atomic E-state index is -0.622. The number of aryl methyl sites for hydroxylation is 1. The lowest BCUT2D eigenvalue weighted by Gasteiger charge is -2.09. The topological polar surface area (TPSA) is 63.1 Å². The van der Waals surface area contributed by atoms with E-state index in [0.29, 0.717) is 10.2 Å². The standard InChI is InChI=1S/C13H10Br2FN3O2/c1-19-6-7(14)4-11(19)13(21)18-17-12(20)9-5-8(16)2-3-10(9)15/h2-6H,1H3,(H,17,20)(H,18,21). The molecule has 0 aliphatic carbocycles. The highest BCUT2D eigenvalue weighted by Crippen LogP contribution is 2.17. The van der Waals surface area contributed by atoms with E-state index in [1.165, 1.54) is 12.1 Å². The number of amides is 2. The molecule has 1 heterocycles. The molecular weight excluding hydrogens is 409 g/mol. The first-order valence-electron chi connectivity index (χ1n) is 5.76. The molecule has 0 atom stereocenters. The molecule has 2 rings (SSSR count). The van der Waals surface area contributed by atoms with Crippen molar-refractivity contribution in [2.75, 3.05) is 0 Å². The molecule has 1 aromatic heterocycles. The number of halogens is 3. The van der Waals surface area contributed by atoms with Crippen LogP contribution >= 0.6 is 31.9 Å². The molecule has 5 nitrogen and oxygen atoms in total. The third-order valence-electron chi connectivity index (χ3n) is 2.67. The maximum Gasteiger partial charge on any atom is 0.286 e. The Hall–Kier alpha value is -1.67. The Balaban J connectivity index is 2.06. The largest absolute Gasteiger partial charge is 0.345 e. The lowest BCUT2D eigenvalue weighted by atomic mass is 10.2. The van der Waals surface area contributed by atoms with Crippen LogP contribution in [0.4, 0.5) is 4.39 Å². The number of rotatable bonds is 2. The summed E-state index contributed by atoms with van der Waals surface area (Å²) in [5.41, 5.74) is 4.96. The van der Waals surface area contributed by atoms with Gasteiger partial charge in [0.15, 0.2) is 0 Å². The lowest BCUT2D eigenvalue weighted by Crippen LogP contribution is -2.42. The van der Waals surface area contributed by atoms with Crippen LogP contribution in [0.2, 0.25) is 0 Å². The number of nitrogens with one attached hydrogen (secondary N) is 2. The third kappa shape index (κ3) is 3.70. The average Bonchev–Trinajstić information content (AvgIpc) is 2.77. The van der Waals surface area contributed by atoms with Crippen LogP contribution in [0.1, 0.15) is 20.8 Å². The van der Waals surface area contributed by atoms with E-state index < -0.39 is 17.6 Å². The molecule has 0 radical (unpaired) electrons. The minimum absolute atomic E-state index is 0.0864. The Bertz CT molecular complexity index is 715. The van der Waals surface area contributed by atoms with E-state index in [4.69, 9.17) is 0 Å². The zero-order chi connectivity index (χ0) is 15.6. The van der Waals surface area contributed by atoms with Gasteiger partial charge >= 0.3 is 0 Å². The van der Waals surface area contributed by atoms with Crippen LogP contribution in [0.25, 0.3) is 0 Å². The Kier molecular flexibility index (Phi) is 4.79. The van der Waals surface area contributed by atoms with E-state index in [-0.39, 0.29) is 5.56 Å². The Morgan fingerprint density at radius 2 is 1.81 bits per heavy atom. The third-order valence-corrected chi connectivity index (χ3v) is 3.79. The van der Waals surface area contributed by atoms with E-state index in [1.54, 1.807) is 23.9 Å². The SMILES string of the molecule is Cn1cc(Br)cc1C(=O)NNC(=O)c1cc(F)ccc1Br. The van der Waals surface area contributed by atoms with Crippen LogP contribution in [0.3, 0.4) is 0 Å². The van der Waals surface area contributed by atoms with Gasteiger partial charge in [-0.05, 0) is 56.1 Å². The number of carbonyl (C=O) groups is 2. The summed E-state index contributed by atoms with van der Waals surface area (Å²) >= 11 is 6.40. The molecule has 8 heteroatoms. The van der Waals surface area contributed by atoms with Crippen molar-refractivity contribution in [3.63, 3.8) is 0 Å². The molecule has 0 bridgehead atoms. The molecule has 110 valence electrons. The van der Waals surface area contributed by atoms with Crippen LogP contribution in [0.15, 0.2) is 39.4 Å². The fourth-order valence-corrected chi connectivity index (χ4v) is 2.62. The van der Waals surface area contributed by atoms with Crippen LogP contribution in [-0.4, -0.2) is 16.4 Å². The maximum atomic E-state index is 13.1. The van der Waals surface area contributed by atoms with Crippen LogP contribution < -0.4 is 10.9 Å². The predicted octanol–water partition coefficient (Wildman–Crippen LogP) is 2.76. The van der Waals surface area contributed by atoms with Crippen LogP contribution in [0.5, 0.6) is 0 Å². The Labute approximate surface area is 136 Å². The van der Waals surface area contributed by atoms with Gasteiger partial charge in [-0.2, -0.15) is 0 Å². The van der Waals surface area contributed by atoms with Gasteiger partial charge in [-0.3, -0.25) is 20.4 Å². The van der Waals surface area contributed by atoms with E-state index >= 15 is 0 Å². The molecule has 0 saturated carbocycles. The molecule has 2 N–H and O–H groups in total. The van der Waals surface area contributed by atoms with Gasteiger partial charge in [0.1, 0.15) is 11.5 Å². The maximum absolute atomic E-state index is 13.1. The summed E-state index contributed by atoms with van der Waals surface area (Å²) in [5, 5.41) is 0. The van der Waals surface area contributed by atoms with Gasteiger partial charge in [-0.15, -0.1) is 0 Å². The monoisotopic (exact) mass is 417 g/mol. The Morgan fingerprint density at radius 3 is 2.43 bits per heavy atom. The highest BCUT2D eigenvalue weighted by Gasteiger charge is 2.14. The molecule has 0 saturated heterocycles. The quantitative estimate of drug-likeness (QED) is 0.736. The molecule has 21 heavy (non-hydrogen) atoms. The summed E-state index contributed by atoms with van der Waals surface area (Å²) in [4.78, 5) is 23.8. The van der Waals surface area contributed by atoms with Crippen LogP contribution in [-0.2, 0) is 7.05 Å². The molecule has 0 aliphatic heterocycles. The van der Waals surface area contributed by atoms with E-state index in [9.17, 15) is 14.0 Å². The summed E-state index contributed by atoms with van der Waals surface area (Å²) in [6, 6.07) is 5.32. The highest BCUT2D eigenvalue weighted by molar-refractivity contribution is 9.10. The molecule has 2 aromatic rings. The summed E-state index contributed by atoms with van der Waals surface area (Å²) in [6.07, 6.45) is 1.71. The molecule has 0 spiro atoms. The lowest BCUT2D eigenvalue weighted by molar-refractivity contribution is 0.0841. The summed E-state index contributed by atoms with van der Waals surface area (Å²) in [6.45, 7) is 0. The van der Waals surface area contributed by atoms with Crippen molar-refractivity contribution in [2.24, 2.45) is 7.05 Å². The first kappa shape index (κ1) is 15.7. The molecule has 2 amide bonds. The van der Waals surface area contributed by atoms with Gasteiger partial charge < -0.3 is 4.57 Å². The second kappa shape index (κ2) is 6.40. The van der Waals surface area contributed by atoms with E-state index in [0.717, 1.165) is 10.5 Å². The predicted molar refractivity (Wildman–Crippen MR) is 82.1 cm³/mol. The molecule has 0 unspecified atom stereocenters. The van der Waals surface area contributed by atoms with Crippen molar-refractivity contribution in [1.29, 1.82) is 0 Å². The van der Waals surface area contributed by atoms with Gasteiger partial charge in [-0.25, -0.2) is 4.39 Å². The van der Waals surface area contributed by atoms with Crippen molar-refractivity contribution in [3.05, 3.63) is 56.5 Å². The Morgan fingerprint density at radius 1 is 1.14 bits per heavy atom. The van der Waals surface area contributed by atoms with Crippen molar-refractivity contribution in [3.8, 4) is 0 Å². The van der Waals surface area contributed by atoms with Gasteiger partial charge in [-0.1, -0.05) is 0 Å². The second-order valence-electron chi connectivity index (χ2n) is 4.19. The fourth-order valence-electron chi connectivity index (χ4n) is 1.67.